The summed E-state index contributed by atoms with van der Waals surface area (Å²) in [5, 5.41) is 1.92. The third kappa shape index (κ3) is 3.98. The van der Waals surface area contributed by atoms with Crippen LogP contribution in [-0.4, -0.2) is 38.5 Å². The number of hydrogen-bond acceptors (Lipinski definition) is 7. The molecule has 0 aromatic carbocycles. The molecule has 0 atom stereocenters. The lowest BCUT2D eigenvalue weighted by atomic mass is 10.1. The smallest absolute Gasteiger partial charge is 0.265 e. The minimum Gasteiger partial charge on any atom is -0.265 e. The molecule has 1 aromatic heterocycles. The molecule has 142 valence electrons. The summed E-state index contributed by atoms with van der Waals surface area (Å²) in [6.45, 7) is 3.07. The second-order valence-electron chi connectivity index (χ2n) is 6.10. The van der Waals surface area contributed by atoms with Crippen molar-refractivity contribution in [1.29, 1.82) is 0 Å². The number of halogens is 3. The number of hydrogen-bond donors (Lipinski definition) is 1. The predicted octanol–water partition coefficient (Wildman–Crippen LogP) is 0.912. The quantitative estimate of drug-likeness (QED) is 0.796. The lowest BCUT2D eigenvalue weighted by Gasteiger charge is -2.11. The van der Waals surface area contributed by atoms with E-state index in [1.165, 1.54) is 19.9 Å². The van der Waals surface area contributed by atoms with Crippen LogP contribution >= 0.6 is 0 Å². The highest BCUT2D eigenvalue weighted by Gasteiger charge is 2.43. The molecule has 0 unspecified atom stereocenters. The molecule has 0 aliphatic carbocycles. The van der Waals surface area contributed by atoms with E-state index in [1.807, 2.05) is 0 Å². The number of aromatic nitrogens is 2. The van der Waals surface area contributed by atoms with E-state index in [1.54, 1.807) is 0 Å². The first-order valence-electron chi connectivity index (χ1n) is 6.77. The second kappa shape index (κ2) is 5.71. The van der Waals surface area contributed by atoms with E-state index in [9.17, 15) is 30.0 Å². The summed E-state index contributed by atoms with van der Waals surface area (Å²) >= 11 is 0. The van der Waals surface area contributed by atoms with Gasteiger partial charge in [0.15, 0.2) is 35.4 Å². The summed E-state index contributed by atoms with van der Waals surface area (Å²) in [5.74, 6) is -1.20. The van der Waals surface area contributed by atoms with Gasteiger partial charge < -0.3 is 0 Å². The molecule has 0 saturated carbocycles. The standard InChI is InChI=1S/C12H16F3N3O5S2/c1-11(2)5-8(17-23-11)25(21,22)6-7-9(12(13,14)15)16-18(3)10(7)24(4,19)20/h5,17H,6H2,1-4H3. The molecule has 0 bridgehead atoms. The van der Waals surface area contributed by atoms with E-state index in [2.05, 4.69) is 10.6 Å². The molecular formula is C12H16F3N3O5S2. The van der Waals surface area contributed by atoms with Crippen molar-refractivity contribution < 1.29 is 34.8 Å². The van der Waals surface area contributed by atoms with Gasteiger partial charge in [0.05, 0.1) is 5.75 Å². The van der Waals surface area contributed by atoms with Crippen LogP contribution in [0.3, 0.4) is 0 Å². The maximum Gasteiger partial charge on any atom is 0.435 e. The van der Waals surface area contributed by atoms with Crippen LogP contribution in [0.5, 0.6) is 0 Å². The van der Waals surface area contributed by atoms with Gasteiger partial charge in [-0.05, 0) is 19.9 Å². The van der Waals surface area contributed by atoms with E-state index < -0.39 is 58.5 Å². The minimum absolute atomic E-state index is 0.436. The van der Waals surface area contributed by atoms with Crippen LogP contribution in [0.1, 0.15) is 25.1 Å². The van der Waals surface area contributed by atoms with Gasteiger partial charge in [-0.1, -0.05) is 0 Å². The van der Waals surface area contributed by atoms with E-state index >= 15 is 0 Å². The minimum atomic E-state index is -5.02. The molecule has 1 aromatic rings. The van der Waals surface area contributed by atoms with E-state index in [0.717, 1.165) is 7.05 Å². The van der Waals surface area contributed by atoms with Crippen molar-refractivity contribution in [2.45, 2.75) is 36.4 Å². The molecule has 8 nitrogen and oxygen atoms in total. The highest BCUT2D eigenvalue weighted by molar-refractivity contribution is 7.94. The number of rotatable bonds is 4. The van der Waals surface area contributed by atoms with Gasteiger partial charge in [0.2, 0.25) is 0 Å². The first-order chi connectivity index (χ1) is 11.0. The Labute approximate surface area is 142 Å². The van der Waals surface area contributed by atoms with E-state index in [-0.39, 0.29) is 0 Å². The van der Waals surface area contributed by atoms with Crippen molar-refractivity contribution in [3.8, 4) is 0 Å². The van der Waals surface area contributed by atoms with Crippen molar-refractivity contribution in [2.24, 2.45) is 7.05 Å². The summed E-state index contributed by atoms with van der Waals surface area (Å²) in [4.78, 5) is 4.99. The van der Waals surface area contributed by atoms with Gasteiger partial charge in [0.25, 0.3) is 0 Å². The highest BCUT2D eigenvalue weighted by Crippen LogP contribution is 2.36. The molecule has 0 amide bonds. The molecule has 2 rings (SSSR count). The normalized spacial score (nSPS) is 18.1. The Morgan fingerprint density at radius 2 is 1.84 bits per heavy atom. The molecule has 0 radical (unpaired) electrons. The summed E-state index contributed by atoms with van der Waals surface area (Å²) in [6.07, 6.45) is -3.15. The monoisotopic (exact) mass is 403 g/mol. The number of nitrogens with one attached hydrogen (secondary N) is 1. The van der Waals surface area contributed by atoms with Crippen molar-refractivity contribution in [1.82, 2.24) is 15.3 Å². The summed E-state index contributed by atoms with van der Waals surface area (Å²) in [5.41, 5.74) is -1.32. The largest absolute Gasteiger partial charge is 0.435 e. The fourth-order valence-electron chi connectivity index (χ4n) is 2.35. The molecule has 1 aliphatic rings. The Morgan fingerprint density at radius 1 is 1.28 bits per heavy atom. The van der Waals surface area contributed by atoms with Crippen LogP contribution in [0.25, 0.3) is 0 Å². The number of hydroxylamine groups is 1. The molecular weight excluding hydrogens is 387 g/mol. The Hall–Kier alpha value is -1.60. The van der Waals surface area contributed by atoms with Crippen LogP contribution < -0.4 is 5.48 Å². The topological polar surface area (TPSA) is 107 Å². The molecule has 25 heavy (non-hydrogen) atoms. The maximum atomic E-state index is 13.2. The third-order valence-corrected chi connectivity index (χ3v) is 6.02. The zero-order valence-corrected chi connectivity index (χ0v) is 15.3. The molecule has 0 spiro atoms. The van der Waals surface area contributed by atoms with Gasteiger partial charge in [-0.2, -0.15) is 18.3 Å². The van der Waals surface area contributed by atoms with Gasteiger partial charge in [-0.25, -0.2) is 16.8 Å². The number of aryl methyl sites for hydroxylation is 1. The Bertz CT molecular complexity index is 943. The lowest BCUT2D eigenvalue weighted by molar-refractivity contribution is -0.141. The van der Waals surface area contributed by atoms with E-state index in [0.29, 0.717) is 10.9 Å². The fraction of sp³-hybridized carbons (Fsp3) is 0.583. The zero-order chi connectivity index (χ0) is 19.4. The fourth-order valence-corrected chi connectivity index (χ4v) is 5.02. The first-order valence-corrected chi connectivity index (χ1v) is 10.3. The average molecular weight is 403 g/mol. The van der Waals surface area contributed by atoms with Crippen molar-refractivity contribution in [2.75, 3.05) is 6.26 Å². The van der Waals surface area contributed by atoms with Crippen molar-refractivity contribution in [3.05, 3.63) is 22.4 Å². The Morgan fingerprint density at radius 3 is 2.24 bits per heavy atom. The summed E-state index contributed by atoms with van der Waals surface area (Å²) in [7, 11) is -7.49. The molecule has 0 saturated heterocycles. The zero-order valence-electron chi connectivity index (χ0n) is 13.7. The van der Waals surface area contributed by atoms with Crippen molar-refractivity contribution >= 4 is 19.7 Å². The first kappa shape index (κ1) is 19.7. The second-order valence-corrected chi connectivity index (χ2v) is 9.99. The van der Waals surface area contributed by atoms with Crippen LogP contribution in [0.4, 0.5) is 13.2 Å². The van der Waals surface area contributed by atoms with Gasteiger partial charge in [-0.3, -0.25) is 15.0 Å². The number of alkyl halides is 3. The molecule has 0 fully saturated rings. The molecule has 1 aliphatic heterocycles. The van der Waals surface area contributed by atoms with E-state index in [4.69, 9.17) is 4.84 Å². The third-order valence-electron chi connectivity index (χ3n) is 3.27. The van der Waals surface area contributed by atoms with Gasteiger partial charge >= 0.3 is 6.18 Å². The van der Waals surface area contributed by atoms with Crippen LogP contribution in [0, 0.1) is 0 Å². The highest BCUT2D eigenvalue weighted by atomic mass is 32.2. The average Bonchev–Trinajstić information content (AvgIpc) is 2.88. The Kier molecular flexibility index (Phi) is 4.50. The predicted molar refractivity (Wildman–Crippen MR) is 80.3 cm³/mol. The maximum absolute atomic E-state index is 13.2. The molecule has 13 heteroatoms. The van der Waals surface area contributed by atoms with Gasteiger partial charge in [-0.15, -0.1) is 0 Å². The summed E-state index contributed by atoms with van der Waals surface area (Å²) in [6, 6.07) is 0. The SMILES string of the molecule is Cn1nc(C(F)(F)F)c(CS(=O)(=O)C2=CC(C)(C)ON2)c1S(C)(=O)=O. The molecule has 1 N–H and O–H groups in total. The van der Waals surface area contributed by atoms with Crippen LogP contribution in [0.2, 0.25) is 0 Å². The molecule has 2 heterocycles. The number of nitrogens with zero attached hydrogens (tertiary/aromatic N) is 2. The van der Waals surface area contributed by atoms with Gasteiger partial charge in [0, 0.05) is 18.9 Å². The Balaban J connectivity index is 2.63. The van der Waals surface area contributed by atoms with Crippen LogP contribution in [0.15, 0.2) is 16.1 Å². The number of sulfone groups is 2. The summed E-state index contributed by atoms with van der Waals surface area (Å²) < 4.78 is 88.7. The van der Waals surface area contributed by atoms with Crippen molar-refractivity contribution in [3.63, 3.8) is 0 Å². The lowest BCUT2D eigenvalue weighted by Crippen LogP contribution is -2.23. The van der Waals surface area contributed by atoms with Gasteiger partial charge in [0.1, 0.15) is 5.60 Å². The van der Waals surface area contributed by atoms with Crippen LogP contribution in [-0.2, 0) is 43.5 Å².